The highest BCUT2D eigenvalue weighted by Crippen LogP contribution is 2.47. The number of methoxy groups -OCH3 is 1. The van der Waals surface area contributed by atoms with Gasteiger partial charge in [-0.15, -0.1) is 0 Å². The molecular weight excluding hydrogens is 340 g/mol. The third-order valence-electron chi connectivity index (χ3n) is 6.81. The molecule has 142 valence electrons. The molecule has 2 aromatic rings. The van der Waals surface area contributed by atoms with Gasteiger partial charge in [0.05, 0.1) is 19.5 Å². The summed E-state index contributed by atoms with van der Waals surface area (Å²) < 4.78 is 5.45. The fourth-order valence-corrected chi connectivity index (χ4v) is 5.53. The van der Waals surface area contributed by atoms with E-state index in [0.29, 0.717) is 23.6 Å². The van der Waals surface area contributed by atoms with Gasteiger partial charge in [-0.25, -0.2) is 4.98 Å². The molecule has 0 aliphatic carbocycles. The second kappa shape index (κ2) is 6.37. The van der Waals surface area contributed by atoms with E-state index in [4.69, 9.17) is 4.74 Å². The molecule has 4 fully saturated rings. The maximum absolute atomic E-state index is 13.4. The number of rotatable bonds is 3. The third-order valence-corrected chi connectivity index (χ3v) is 6.81. The van der Waals surface area contributed by atoms with Gasteiger partial charge >= 0.3 is 0 Å². The van der Waals surface area contributed by atoms with Crippen LogP contribution in [0, 0.1) is 12.8 Å². The normalized spacial score (nSPS) is 31.8. The van der Waals surface area contributed by atoms with Gasteiger partial charge in [0.1, 0.15) is 11.4 Å². The topological polar surface area (TPSA) is 61.5 Å². The molecular formula is C21H26N4O2. The van der Waals surface area contributed by atoms with E-state index in [0.717, 1.165) is 31.1 Å². The number of ether oxygens (including phenoxy) is 1. The molecule has 6 nitrogen and oxygen atoms in total. The Kier molecular flexibility index (Phi) is 3.97. The number of H-pyrrole nitrogens is 1. The number of likely N-dealkylation sites (tertiary alicyclic amines) is 1. The summed E-state index contributed by atoms with van der Waals surface area (Å²) in [4.78, 5) is 25.4. The average Bonchev–Trinajstić information content (AvgIpc) is 3.33. The SMILES string of the molecule is COc1cccc([C@H]2CN(C(=O)c3nc[nH]c3C)[C@@H]3C4CCN(CC4)[C@H]23)c1. The monoisotopic (exact) mass is 366 g/mol. The molecule has 0 spiro atoms. The molecule has 3 atom stereocenters. The summed E-state index contributed by atoms with van der Waals surface area (Å²) in [5.74, 6) is 1.87. The Balaban J connectivity index is 1.54. The molecule has 2 bridgehead atoms. The number of aryl methyl sites for hydroxylation is 1. The maximum Gasteiger partial charge on any atom is 0.274 e. The first-order valence-electron chi connectivity index (χ1n) is 9.86. The number of hydrogen-bond acceptors (Lipinski definition) is 4. The molecule has 27 heavy (non-hydrogen) atoms. The van der Waals surface area contributed by atoms with Gasteiger partial charge in [-0.05, 0) is 56.5 Å². The van der Waals surface area contributed by atoms with Crippen LogP contribution in [0.4, 0.5) is 0 Å². The molecule has 6 rings (SSSR count). The van der Waals surface area contributed by atoms with Crippen LogP contribution in [0.5, 0.6) is 5.75 Å². The van der Waals surface area contributed by atoms with Gasteiger partial charge in [0.25, 0.3) is 5.91 Å². The minimum absolute atomic E-state index is 0.0721. The van der Waals surface area contributed by atoms with Crippen molar-refractivity contribution in [1.29, 1.82) is 0 Å². The van der Waals surface area contributed by atoms with Crippen molar-refractivity contribution in [2.45, 2.75) is 37.8 Å². The minimum Gasteiger partial charge on any atom is -0.497 e. The van der Waals surface area contributed by atoms with E-state index in [9.17, 15) is 4.79 Å². The van der Waals surface area contributed by atoms with Crippen molar-refractivity contribution in [3.05, 3.63) is 47.5 Å². The first-order chi connectivity index (χ1) is 13.2. The molecule has 4 aliphatic heterocycles. The number of carbonyl (C=O) groups excluding carboxylic acids is 1. The first-order valence-corrected chi connectivity index (χ1v) is 9.86. The van der Waals surface area contributed by atoms with Crippen molar-refractivity contribution < 1.29 is 9.53 Å². The highest BCUT2D eigenvalue weighted by Gasteiger charge is 2.55. The first kappa shape index (κ1) is 16.8. The number of imidazole rings is 1. The van der Waals surface area contributed by atoms with Crippen molar-refractivity contribution in [1.82, 2.24) is 19.8 Å². The summed E-state index contributed by atoms with van der Waals surface area (Å²) in [5.41, 5.74) is 2.69. The van der Waals surface area contributed by atoms with Crippen LogP contribution in [0.15, 0.2) is 30.6 Å². The fraction of sp³-hybridized carbons (Fsp3) is 0.524. The van der Waals surface area contributed by atoms with Crippen molar-refractivity contribution in [3.63, 3.8) is 0 Å². The number of aromatic nitrogens is 2. The molecule has 4 aliphatic rings. The lowest BCUT2D eigenvalue weighted by Crippen LogP contribution is -2.60. The Morgan fingerprint density at radius 3 is 2.78 bits per heavy atom. The number of benzene rings is 1. The lowest BCUT2D eigenvalue weighted by molar-refractivity contribution is -0.00359. The average molecular weight is 366 g/mol. The summed E-state index contributed by atoms with van der Waals surface area (Å²) in [6.07, 6.45) is 4.00. The van der Waals surface area contributed by atoms with Gasteiger partial charge in [0.2, 0.25) is 0 Å². The smallest absolute Gasteiger partial charge is 0.274 e. The Morgan fingerprint density at radius 1 is 1.26 bits per heavy atom. The van der Waals surface area contributed by atoms with E-state index < -0.39 is 0 Å². The van der Waals surface area contributed by atoms with Crippen molar-refractivity contribution >= 4 is 5.91 Å². The highest BCUT2D eigenvalue weighted by atomic mass is 16.5. The zero-order valence-corrected chi connectivity index (χ0v) is 15.9. The van der Waals surface area contributed by atoms with E-state index in [-0.39, 0.29) is 11.9 Å². The van der Waals surface area contributed by atoms with Gasteiger partial charge in [0, 0.05) is 24.2 Å². The van der Waals surface area contributed by atoms with Gasteiger partial charge in [0.15, 0.2) is 0 Å². The Labute approximate surface area is 159 Å². The van der Waals surface area contributed by atoms with E-state index in [1.54, 1.807) is 13.4 Å². The number of nitrogens with zero attached hydrogens (tertiary/aromatic N) is 3. The van der Waals surface area contributed by atoms with Gasteiger partial charge in [-0.3, -0.25) is 9.69 Å². The molecule has 1 amide bonds. The van der Waals surface area contributed by atoms with Crippen LogP contribution in [0.25, 0.3) is 0 Å². The Morgan fingerprint density at radius 2 is 2.07 bits per heavy atom. The third kappa shape index (κ3) is 2.57. The number of piperidine rings is 3. The van der Waals surface area contributed by atoms with Crippen LogP contribution in [0.1, 0.15) is 40.5 Å². The molecule has 4 saturated heterocycles. The van der Waals surface area contributed by atoms with Crippen LogP contribution in [0.2, 0.25) is 0 Å². The minimum atomic E-state index is 0.0721. The lowest BCUT2D eigenvalue weighted by atomic mass is 9.75. The van der Waals surface area contributed by atoms with Crippen molar-refractivity contribution in [2.24, 2.45) is 5.92 Å². The Bertz CT molecular complexity index is 855. The van der Waals surface area contributed by atoms with Gasteiger partial charge in [-0.1, -0.05) is 12.1 Å². The van der Waals surface area contributed by atoms with Crippen molar-refractivity contribution in [3.8, 4) is 5.75 Å². The van der Waals surface area contributed by atoms with E-state index >= 15 is 0 Å². The molecule has 5 heterocycles. The highest BCUT2D eigenvalue weighted by molar-refractivity contribution is 5.94. The second-order valence-electron chi connectivity index (χ2n) is 8.07. The molecule has 1 aromatic heterocycles. The molecule has 0 radical (unpaired) electrons. The van der Waals surface area contributed by atoms with E-state index in [1.807, 2.05) is 13.0 Å². The quantitative estimate of drug-likeness (QED) is 0.906. The molecule has 1 N–H and O–H groups in total. The predicted molar refractivity (Wildman–Crippen MR) is 102 cm³/mol. The standard InChI is InChI=1S/C21H26N4O2/c1-13-18(23-12-22-13)21(26)25-11-17(15-4-3-5-16(10-15)27-2)20-19(25)14-6-8-24(20)9-7-14/h3-5,10,12,14,17,19-20H,6-9,11H2,1-2H3,(H,22,23)/t17-,19-,20-/m1/s1. The van der Waals surface area contributed by atoms with Crippen molar-refractivity contribution in [2.75, 3.05) is 26.7 Å². The molecule has 6 heteroatoms. The molecule has 1 aromatic carbocycles. The van der Waals surface area contributed by atoms with E-state index in [1.165, 1.54) is 18.4 Å². The maximum atomic E-state index is 13.4. The van der Waals surface area contributed by atoms with E-state index in [2.05, 4.69) is 38.0 Å². The van der Waals surface area contributed by atoms with Gasteiger partial charge in [-0.2, -0.15) is 0 Å². The number of hydrogen-bond donors (Lipinski definition) is 1. The summed E-state index contributed by atoms with van der Waals surface area (Å²) >= 11 is 0. The zero-order chi connectivity index (χ0) is 18.5. The summed E-state index contributed by atoms with van der Waals surface area (Å²) in [6.45, 7) is 4.97. The predicted octanol–water partition coefficient (Wildman–Crippen LogP) is 2.43. The summed E-state index contributed by atoms with van der Waals surface area (Å²) in [7, 11) is 1.71. The van der Waals surface area contributed by atoms with Crippen LogP contribution >= 0.6 is 0 Å². The van der Waals surface area contributed by atoms with Crippen LogP contribution in [0.3, 0.4) is 0 Å². The number of amides is 1. The number of aromatic amines is 1. The lowest BCUT2D eigenvalue weighted by Gasteiger charge is -2.51. The van der Waals surface area contributed by atoms with Gasteiger partial charge < -0.3 is 14.6 Å². The molecule has 0 unspecified atom stereocenters. The summed E-state index contributed by atoms with van der Waals surface area (Å²) in [6, 6.07) is 9.04. The molecule has 0 saturated carbocycles. The zero-order valence-electron chi connectivity index (χ0n) is 15.9. The summed E-state index contributed by atoms with van der Waals surface area (Å²) in [5, 5.41) is 0. The van der Waals surface area contributed by atoms with Crippen LogP contribution in [-0.4, -0.2) is 64.5 Å². The Hall–Kier alpha value is -2.34. The second-order valence-corrected chi connectivity index (χ2v) is 8.07. The number of fused-ring (bicyclic) bond motifs is 2. The van der Waals surface area contributed by atoms with Crippen LogP contribution < -0.4 is 4.74 Å². The fourth-order valence-electron chi connectivity index (χ4n) is 5.53. The largest absolute Gasteiger partial charge is 0.497 e. The number of carbonyl (C=O) groups is 1. The van der Waals surface area contributed by atoms with Crippen LogP contribution in [-0.2, 0) is 0 Å². The number of nitrogens with one attached hydrogen (secondary N) is 1.